The van der Waals surface area contributed by atoms with Crippen molar-refractivity contribution in [2.24, 2.45) is 0 Å². The van der Waals surface area contributed by atoms with Gasteiger partial charge in [-0.05, 0) is 43.2 Å². The first kappa shape index (κ1) is 16.6. The predicted molar refractivity (Wildman–Crippen MR) is 90.1 cm³/mol. The average molecular weight is 315 g/mol. The molecule has 122 valence electrons. The number of rotatable bonds is 7. The number of ether oxygens (including phenoxy) is 2. The zero-order valence-electron chi connectivity index (χ0n) is 13.3. The molecular weight excluding hydrogens is 294 g/mol. The van der Waals surface area contributed by atoms with Crippen LogP contribution < -0.4 is 15.4 Å². The Labute approximate surface area is 135 Å². The van der Waals surface area contributed by atoms with E-state index in [9.17, 15) is 4.79 Å². The van der Waals surface area contributed by atoms with E-state index >= 15 is 0 Å². The van der Waals surface area contributed by atoms with Crippen molar-refractivity contribution in [1.29, 1.82) is 0 Å². The third kappa shape index (κ3) is 5.50. The number of methoxy groups -OCH3 is 1. The second-order valence-corrected chi connectivity index (χ2v) is 4.80. The highest BCUT2D eigenvalue weighted by atomic mass is 16.5. The maximum Gasteiger partial charge on any atom is 0.411 e. The minimum atomic E-state index is -0.477. The molecule has 0 radical (unpaired) electrons. The summed E-state index contributed by atoms with van der Waals surface area (Å²) in [5.41, 5.74) is 1.82. The van der Waals surface area contributed by atoms with E-state index < -0.39 is 6.09 Å². The van der Waals surface area contributed by atoms with Gasteiger partial charge in [-0.25, -0.2) is 9.78 Å². The van der Waals surface area contributed by atoms with Crippen molar-refractivity contribution in [3.63, 3.8) is 0 Å². The second kappa shape index (κ2) is 8.63. The summed E-state index contributed by atoms with van der Waals surface area (Å²) in [6, 6.07) is 11.6. The van der Waals surface area contributed by atoms with Crippen LogP contribution in [0, 0.1) is 0 Å². The first-order valence-corrected chi connectivity index (χ1v) is 7.48. The Morgan fingerprint density at radius 1 is 1.17 bits per heavy atom. The molecule has 6 heteroatoms. The number of pyridine rings is 1. The van der Waals surface area contributed by atoms with E-state index in [2.05, 4.69) is 15.6 Å². The third-order valence-electron chi connectivity index (χ3n) is 3.16. The van der Waals surface area contributed by atoms with Crippen molar-refractivity contribution in [2.45, 2.75) is 13.3 Å². The van der Waals surface area contributed by atoms with Crippen LogP contribution in [0.5, 0.6) is 5.75 Å². The molecule has 23 heavy (non-hydrogen) atoms. The lowest BCUT2D eigenvalue weighted by atomic mass is 10.1. The van der Waals surface area contributed by atoms with Crippen molar-refractivity contribution in [3.05, 3.63) is 48.2 Å². The topological polar surface area (TPSA) is 72.5 Å². The zero-order chi connectivity index (χ0) is 16.5. The van der Waals surface area contributed by atoms with Crippen LogP contribution in [0.25, 0.3) is 0 Å². The second-order valence-electron chi connectivity index (χ2n) is 4.80. The standard InChI is InChI=1S/C17H21N3O3/c1-3-23-17(21)20-14-6-9-16(19-12-14)18-11-10-13-4-7-15(22-2)8-5-13/h4-9,12H,3,10-11H2,1-2H3,(H,18,19)(H,20,21). The number of nitrogens with zero attached hydrogens (tertiary/aromatic N) is 1. The van der Waals surface area contributed by atoms with Crippen LogP contribution in [-0.2, 0) is 11.2 Å². The molecule has 0 bridgehead atoms. The van der Waals surface area contributed by atoms with Crippen molar-refractivity contribution >= 4 is 17.6 Å². The van der Waals surface area contributed by atoms with Crippen molar-refractivity contribution in [1.82, 2.24) is 4.98 Å². The lowest BCUT2D eigenvalue weighted by molar-refractivity contribution is 0.168. The van der Waals surface area contributed by atoms with E-state index in [-0.39, 0.29) is 0 Å². The van der Waals surface area contributed by atoms with Crippen molar-refractivity contribution in [2.75, 3.05) is 30.9 Å². The molecule has 0 aliphatic rings. The van der Waals surface area contributed by atoms with Gasteiger partial charge in [0, 0.05) is 6.54 Å². The molecule has 1 aromatic carbocycles. The van der Waals surface area contributed by atoms with Gasteiger partial charge >= 0.3 is 6.09 Å². The van der Waals surface area contributed by atoms with Gasteiger partial charge < -0.3 is 14.8 Å². The first-order valence-electron chi connectivity index (χ1n) is 7.48. The van der Waals surface area contributed by atoms with Crippen LogP contribution in [-0.4, -0.2) is 31.3 Å². The average Bonchev–Trinajstić information content (AvgIpc) is 2.57. The molecule has 0 atom stereocenters. The fourth-order valence-electron chi connectivity index (χ4n) is 1.98. The van der Waals surface area contributed by atoms with Crippen LogP contribution in [0.2, 0.25) is 0 Å². The number of carbonyl (C=O) groups excluding carboxylic acids is 1. The summed E-state index contributed by atoms with van der Waals surface area (Å²) in [6.07, 6.45) is 2.00. The maximum atomic E-state index is 11.3. The molecule has 0 unspecified atom stereocenters. The Balaban J connectivity index is 1.78. The number of hydrogen-bond acceptors (Lipinski definition) is 5. The molecule has 2 rings (SSSR count). The number of aromatic nitrogens is 1. The Morgan fingerprint density at radius 3 is 2.57 bits per heavy atom. The highest BCUT2D eigenvalue weighted by Gasteiger charge is 2.02. The van der Waals surface area contributed by atoms with Crippen molar-refractivity contribution < 1.29 is 14.3 Å². The molecule has 2 aromatic rings. The van der Waals surface area contributed by atoms with Gasteiger partial charge in [-0.15, -0.1) is 0 Å². The third-order valence-corrected chi connectivity index (χ3v) is 3.16. The fraction of sp³-hybridized carbons (Fsp3) is 0.294. The summed E-state index contributed by atoms with van der Waals surface area (Å²) in [7, 11) is 1.66. The van der Waals surface area contributed by atoms with E-state index in [4.69, 9.17) is 9.47 Å². The molecule has 0 aliphatic carbocycles. The normalized spacial score (nSPS) is 10.0. The van der Waals surface area contributed by atoms with Gasteiger partial charge in [0.1, 0.15) is 11.6 Å². The number of anilines is 2. The van der Waals surface area contributed by atoms with E-state index in [1.54, 1.807) is 26.3 Å². The molecule has 0 saturated heterocycles. The Hall–Kier alpha value is -2.76. The van der Waals surface area contributed by atoms with Gasteiger partial charge in [0.05, 0.1) is 25.6 Å². The molecule has 0 saturated carbocycles. The SMILES string of the molecule is CCOC(=O)Nc1ccc(NCCc2ccc(OC)cc2)nc1. The summed E-state index contributed by atoms with van der Waals surface area (Å²) in [4.78, 5) is 15.5. The number of benzene rings is 1. The molecular formula is C17H21N3O3. The Morgan fingerprint density at radius 2 is 1.96 bits per heavy atom. The summed E-state index contributed by atoms with van der Waals surface area (Å²) >= 11 is 0. The summed E-state index contributed by atoms with van der Waals surface area (Å²) in [6.45, 7) is 2.86. The summed E-state index contributed by atoms with van der Waals surface area (Å²) in [5, 5.41) is 5.84. The quantitative estimate of drug-likeness (QED) is 0.820. The van der Waals surface area contributed by atoms with Gasteiger partial charge in [0.15, 0.2) is 0 Å². The molecule has 0 spiro atoms. The van der Waals surface area contributed by atoms with E-state index in [0.29, 0.717) is 12.3 Å². The highest BCUT2D eigenvalue weighted by Crippen LogP contribution is 2.13. The van der Waals surface area contributed by atoms with Crippen molar-refractivity contribution in [3.8, 4) is 5.75 Å². The molecule has 1 aromatic heterocycles. The Kier molecular flexibility index (Phi) is 6.23. The van der Waals surface area contributed by atoms with E-state index in [1.165, 1.54) is 5.56 Å². The largest absolute Gasteiger partial charge is 0.497 e. The molecule has 6 nitrogen and oxygen atoms in total. The maximum absolute atomic E-state index is 11.3. The lowest BCUT2D eigenvalue weighted by Crippen LogP contribution is -2.13. The van der Waals surface area contributed by atoms with Crippen LogP contribution in [0.15, 0.2) is 42.6 Å². The predicted octanol–water partition coefficient (Wildman–Crippen LogP) is 3.31. The molecule has 0 fully saturated rings. The summed E-state index contributed by atoms with van der Waals surface area (Å²) < 4.78 is 9.94. The molecule has 0 aliphatic heterocycles. The minimum absolute atomic E-state index is 0.338. The monoisotopic (exact) mass is 315 g/mol. The van der Waals surface area contributed by atoms with Gasteiger partial charge in [-0.3, -0.25) is 5.32 Å². The fourth-order valence-corrected chi connectivity index (χ4v) is 1.98. The van der Waals surface area contributed by atoms with Crippen LogP contribution in [0.1, 0.15) is 12.5 Å². The van der Waals surface area contributed by atoms with Gasteiger partial charge in [-0.2, -0.15) is 0 Å². The molecule has 2 N–H and O–H groups in total. The van der Waals surface area contributed by atoms with E-state index in [1.807, 2.05) is 30.3 Å². The lowest BCUT2D eigenvalue weighted by Gasteiger charge is -2.08. The number of nitrogens with one attached hydrogen (secondary N) is 2. The summed E-state index contributed by atoms with van der Waals surface area (Å²) in [5.74, 6) is 1.61. The minimum Gasteiger partial charge on any atom is -0.497 e. The molecule has 1 amide bonds. The smallest absolute Gasteiger partial charge is 0.411 e. The number of hydrogen-bond donors (Lipinski definition) is 2. The van der Waals surface area contributed by atoms with E-state index in [0.717, 1.165) is 24.5 Å². The van der Waals surface area contributed by atoms with Gasteiger partial charge in [0.2, 0.25) is 0 Å². The Bertz CT molecular complexity index is 612. The van der Waals surface area contributed by atoms with Crippen LogP contribution in [0.4, 0.5) is 16.3 Å². The number of carbonyl (C=O) groups is 1. The highest BCUT2D eigenvalue weighted by molar-refractivity contribution is 5.84. The van der Waals surface area contributed by atoms with Gasteiger partial charge in [0.25, 0.3) is 0 Å². The van der Waals surface area contributed by atoms with Gasteiger partial charge in [-0.1, -0.05) is 12.1 Å². The van der Waals surface area contributed by atoms with Crippen LogP contribution in [0.3, 0.4) is 0 Å². The zero-order valence-corrected chi connectivity index (χ0v) is 13.3. The number of amides is 1. The first-order chi connectivity index (χ1) is 11.2. The van der Waals surface area contributed by atoms with Crippen LogP contribution >= 0.6 is 0 Å². The molecule has 1 heterocycles.